The number of hydrogen-bond donors (Lipinski definition) is 4. The van der Waals surface area contributed by atoms with Gasteiger partial charge < -0.3 is 11.1 Å². The second-order valence-electron chi connectivity index (χ2n) is 3.49. The number of nitrogens with two attached hydrogens (primary N) is 1. The number of aromatic amines is 1. The summed E-state index contributed by atoms with van der Waals surface area (Å²) in [4.78, 5) is 20.2. The number of benzene rings is 1. The zero-order chi connectivity index (χ0) is 14.0. The molecule has 0 aliphatic rings. The highest BCUT2D eigenvalue weighted by Crippen LogP contribution is 2.16. The average molecular weight is 283 g/mol. The van der Waals surface area contributed by atoms with Crippen LogP contribution in [0.4, 0.5) is 17.6 Å². The van der Waals surface area contributed by atoms with Crippen LogP contribution in [0.3, 0.4) is 0 Å². The van der Waals surface area contributed by atoms with Crippen molar-refractivity contribution in [1.82, 2.24) is 15.0 Å². The third-order valence-corrected chi connectivity index (χ3v) is 2.95. The van der Waals surface area contributed by atoms with Crippen LogP contribution in [-0.2, 0) is 10.1 Å². The van der Waals surface area contributed by atoms with Gasteiger partial charge in [-0.3, -0.25) is 9.54 Å². The summed E-state index contributed by atoms with van der Waals surface area (Å²) in [6, 6.07) is 5.14. The molecule has 19 heavy (non-hydrogen) atoms. The Kier molecular flexibility index (Phi) is 3.19. The lowest BCUT2D eigenvalue weighted by Crippen LogP contribution is -2.16. The third-order valence-electron chi connectivity index (χ3n) is 2.08. The highest BCUT2D eigenvalue weighted by Gasteiger charge is 2.09. The van der Waals surface area contributed by atoms with Crippen molar-refractivity contribution in [2.45, 2.75) is 4.90 Å². The molecule has 1 aromatic heterocycles. The van der Waals surface area contributed by atoms with Gasteiger partial charge in [0.1, 0.15) is 0 Å². The van der Waals surface area contributed by atoms with Crippen LogP contribution < -0.4 is 16.7 Å². The molecule has 0 saturated heterocycles. The van der Waals surface area contributed by atoms with E-state index in [1.165, 1.54) is 24.3 Å². The van der Waals surface area contributed by atoms with E-state index >= 15 is 0 Å². The van der Waals surface area contributed by atoms with E-state index in [1.54, 1.807) is 0 Å². The number of rotatable bonds is 3. The number of H-pyrrole nitrogens is 1. The normalized spacial score (nSPS) is 11.2. The van der Waals surface area contributed by atoms with E-state index in [2.05, 4.69) is 20.3 Å². The molecule has 0 fully saturated rings. The molecule has 0 atom stereocenters. The lowest BCUT2D eigenvalue weighted by atomic mass is 10.3. The number of nitrogens with one attached hydrogen (secondary N) is 2. The smallest absolute Gasteiger partial charge is 0.350 e. The Morgan fingerprint density at radius 2 is 1.84 bits per heavy atom. The molecule has 9 nitrogen and oxygen atoms in total. The molecule has 1 heterocycles. The van der Waals surface area contributed by atoms with Crippen LogP contribution in [0.1, 0.15) is 0 Å². The maximum atomic E-state index is 11.0. The average Bonchev–Trinajstić information content (AvgIpc) is 2.26. The van der Waals surface area contributed by atoms with E-state index in [0.717, 1.165) is 0 Å². The molecule has 0 amide bonds. The van der Waals surface area contributed by atoms with Gasteiger partial charge in [0.05, 0.1) is 4.90 Å². The van der Waals surface area contributed by atoms with Gasteiger partial charge in [0.25, 0.3) is 10.1 Å². The third kappa shape index (κ3) is 3.26. The molecule has 10 heteroatoms. The van der Waals surface area contributed by atoms with Gasteiger partial charge in [0, 0.05) is 5.69 Å². The number of nitrogen functional groups attached to an aromatic ring is 1. The topological polar surface area (TPSA) is 151 Å². The fraction of sp³-hybridized carbons (Fsp3) is 0. The number of hydrogen-bond acceptors (Lipinski definition) is 7. The first-order valence-electron chi connectivity index (χ1n) is 4.93. The summed E-state index contributed by atoms with van der Waals surface area (Å²) in [6.45, 7) is 0. The van der Waals surface area contributed by atoms with E-state index in [1.807, 2.05) is 0 Å². The van der Waals surface area contributed by atoms with Crippen molar-refractivity contribution >= 4 is 27.7 Å². The van der Waals surface area contributed by atoms with Crippen molar-refractivity contribution < 1.29 is 13.0 Å². The predicted molar refractivity (Wildman–Crippen MR) is 66.6 cm³/mol. The van der Waals surface area contributed by atoms with Crippen LogP contribution in [0.25, 0.3) is 0 Å². The van der Waals surface area contributed by atoms with Crippen LogP contribution in [0.2, 0.25) is 0 Å². The second-order valence-corrected chi connectivity index (χ2v) is 4.91. The summed E-state index contributed by atoms with van der Waals surface area (Å²) in [5.74, 6) is -0.127. The zero-order valence-corrected chi connectivity index (χ0v) is 10.2. The summed E-state index contributed by atoms with van der Waals surface area (Å²) < 4.78 is 30.5. The Morgan fingerprint density at radius 3 is 2.37 bits per heavy atom. The van der Waals surface area contributed by atoms with Gasteiger partial charge in [-0.1, -0.05) is 0 Å². The van der Waals surface area contributed by atoms with Crippen molar-refractivity contribution in [3.63, 3.8) is 0 Å². The van der Waals surface area contributed by atoms with Gasteiger partial charge in [-0.2, -0.15) is 18.4 Å². The van der Waals surface area contributed by atoms with E-state index in [-0.39, 0.29) is 16.8 Å². The summed E-state index contributed by atoms with van der Waals surface area (Å²) in [5.41, 5.74) is 5.10. The fourth-order valence-corrected chi connectivity index (χ4v) is 1.78. The second kappa shape index (κ2) is 4.66. The van der Waals surface area contributed by atoms with Crippen molar-refractivity contribution in [2.75, 3.05) is 11.1 Å². The Labute approximate surface area is 107 Å². The van der Waals surface area contributed by atoms with E-state index in [4.69, 9.17) is 10.3 Å². The van der Waals surface area contributed by atoms with Crippen LogP contribution in [0.5, 0.6) is 0 Å². The van der Waals surface area contributed by atoms with E-state index < -0.39 is 15.8 Å². The summed E-state index contributed by atoms with van der Waals surface area (Å²) >= 11 is 0. The molecule has 1 aromatic carbocycles. The molecular formula is C9H9N5O4S. The zero-order valence-electron chi connectivity index (χ0n) is 9.36. The highest BCUT2D eigenvalue weighted by molar-refractivity contribution is 7.85. The van der Waals surface area contributed by atoms with Gasteiger partial charge in [-0.05, 0) is 24.3 Å². The largest absolute Gasteiger partial charge is 0.369 e. The Morgan fingerprint density at radius 1 is 1.21 bits per heavy atom. The van der Waals surface area contributed by atoms with Crippen molar-refractivity contribution in [3.8, 4) is 0 Å². The maximum absolute atomic E-state index is 11.0. The monoisotopic (exact) mass is 283 g/mol. The van der Waals surface area contributed by atoms with Gasteiger partial charge in [0.15, 0.2) is 0 Å². The van der Waals surface area contributed by atoms with E-state index in [9.17, 15) is 13.2 Å². The predicted octanol–water partition coefficient (Wildman–Crippen LogP) is -0.263. The minimum Gasteiger partial charge on any atom is -0.369 e. The first-order chi connectivity index (χ1) is 8.84. The van der Waals surface area contributed by atoms with Crippen LogP contribution >= 0.6 is 0 Å². The first-order valence-corrected chi connectivity index (χ1v) is 6.37. The van der Waals surface area contributed by atoms with Crippen LogP contribution in [0.15, 0.2) is 34.0 Å². The number of nitrogens with zero attached hydrogens (tertiary/aromatic N) is 2. The summed E-state index contributed by atoms with van der Waals surface area (Å²) in [6.07, 6.45) is 0. The van der Waals surface area contributed by atoms with Gasteiger partial charge in [-0.25, -0.2) is 4.79 Å². The number of anilines is 3. The number of aromatic nitrogens is 3. The lowest BCUT2D eigenvalue weighted by Gasteiger charge is -2.05. The molecular weight excluding hydrogens is 274 g/mol. The highest BCUT2D eigenvalue weighted by atomic mass is 32.2. The molecule has 5 N–H and O–H groups in total. The van der Waals surface area contributed by atoms with Crippen LogP contribution in [0, 0.1) is 0 Å². The standard InChI is InChI=1S/C9H9N5O4S/c10-7-12-8(14-9(15)13-7)11-5-1-3-6(4-2-5)19(16,17)18/h1-4H,(H,16,17,18)(H4,10,11,12,13,14,15). The molecule has 0 saturated carbocycles. The summed E-state index contributed by atoms with van der Waals surface area (Å²) in [5, 5.41) is 2.67. The quantitative estimate of drug-likeness (QED) is 0.562. The molecule has 100 valence electrons. The van der Waals surface area contributed by atoms with Crippen LogP contribution in [-0.4, -0.2) is 27.9 Å². The molecule has 2 aromatic rings. The molecule has 0 aliphatic carbocycles. The van der Waals surface area contributed by atoms with Gasteiger partial charge in [0.2, 0.25) is 11.9 Å². The molecule has 0 aliphatic heterocycles. The lowest BCUT2D eigenvalue weighted by molar-refractivity contribution is 0.483. The van der Waals surface area contributed by atoms with E-state index in [0.29, 0.717) is 5.69 Å². The maximum Gasteiger partial charge on any atom is 0.350 e. The van der Waals surface area contributed by atoms with Crippen molar-refractivity contribution in [3.05, 3.63) is 34.7 Å². The fourth-order valence-electron chi connectivity index (χ4n) is 1.30. The SMILES string of the molecule is Nc1nc(Nc2ccc(S(=O)(=O)O)cc2)nc(=O)[nH]1. The Bertz CT molecular complexity index is 753. The Hall–Kier alpha value is -2.46. The Balaban J connectivity index is 2.27. The molecule has 0 spiro atoms. The van der Waals surface area contributed by atoms with Crippen molar-refractivity contribution in [1.29, 1.82) is 0 Å². The van der Waals surface area contributed by atoms with Crippen molar-refractivity contribution in [2.24, 2.45) is 0 Å². The molecule has 0 unspecified atom stereocenters. The van der Waals surface area contributed by atoms with Gasteiger partial charge in [-0.15, -0.1) is 0 Å². The summed E-state index contributed by atoms with van der Waals surface area (Å²) in [7, 11) is -4.24. The molecule has 0 radical (unpaired) electrons. The minimum atomic E-state index is -4.24. The first kappa shape index (κ1) is 13.0. The molecule has 0 bridgehead atoms. The minimum absolute atomic E-state index is 0.0270. The molecule has 2 rings (SSSR count). The van der Waals surface area contributed by atoms with Gasteiger partial charge >= 0.3 is 5.69 Å².